The minimum Gasteiger partial charge on any atom is -0.546 e. The minimum atomic E-state index is -1.55. The lowest BCUT2D eigenvalue weighted by Crippen LogP contribution is -2.40. The number of carboxylic acids is 1. The summed E-state index contributed by atoms with van der Waals surface area (Å²) in [5.74, 6) is -10.0. The number of carbonyl (C=O) groups excluding carboxylic acids is 11. The van der Waals surface area contributed by atoms with Crippen LogP contribution in [0.4, 0.5) is 0 Å². The van der Waals surface area contributed by atoms with Crippen molar-refractivity contribution < 1.29 is 111 Å². The van der Waals surface area contributed by atoms with E-state index >= 15 is 0 Å². The quantitative estimate of drug-likeness (QED) is 0.0388. The third kappa shape index (κ3) is 38.8. The lowest BCUT2D eigenvalue weighted by Gasteiger charge is -2.18. The van der Waals surface area contributed by atoms with E-state index in [1.807, 2.05) is 0 Å². The van der Waals surface area contributed by atoms with E-state index in [1.165, 1.54) is 55.4 Å². The minimum absolute atomic E-state index is 0. The van der Waals surface area contributed by atoms with Gasteiger partial charge in [-0.2, -0.15) is 0 Å². The van der Waals surface area contributed by atoms with Gasteiger partial charge >= 0.3 is 47.8 Å². The van der Waals surface area contributed by atoms with Crippen molar-refractivity contribution in [2.24, 2.45) is 0 Å². The third-order valence-electron chi connectivity index (χ3n) is 6.52. The van der Waals surface area contributed by atoms with Crippen LogP contribution >= 0.6 is 0 Å². The van der Waals surface area contributed by atoms with Crippen LogP contribution in [0, 0.1) is 0 Å². The maximum absolute atomic E-state index is 11.9. The van der Waals surface area contributed by atoms with Crippen LogP contribution in [-0.2, 0) is 90.6 Å². The van der Waals surface area contributed by atoms with E-state index in [1.54, 1.807) is 0 Å². The summed E-state index contributed by atoms with van der Waals surface area (Å²) in [6.07, 6.45) is -9.63. The van der Waals surface area contributed by atoms with E-state index < -0.39 is 120 Å². The first-order valence-corrected chi connectivity index (χ1v) is 18.2. The van der Waals surface area contributed by atoms with Gasteiger partial charge in [-0.05, 0) is 62.3 Å². The van der Waals surface area contributed by atoms with E-state index in [2.05, 4.69) is 47.5 Å². The van der Waals surface area contributed by atoms with E-state index in [0.717, 1.165) is 19.1 Å². The Bertz CT molecular complexity index is 1560. The molecule has 25 nitrogen and oxygen atoms in total. The highest BCUT2D eigenvalue weighted by atomic mass is 16.6. The van der Waals surface area contributed by atoms with Gasteiger partial charge in [-0.1, -0.05) is 57.7 Å². The molecule has 0 aromatic rings. The molecule has 400 valence electrons. The lowest BCUT2D eigenvalue weighted by molar-refractivity contribution is -0.315. The van der Waals surface area contributed by atoms with Crippen LogP contribution in [0.1, 0.15) is 107 Å². The van der Waals surface area contributed by atoms with Crippen molar-refractivity contribution in [3.05, 3.63) is 25.3 Å². The second-order valence-electron chi connectivity index (χ2n) is 12.1. The maximum Gasteiger partial charge on any atom is 0.348 e. The van der Waals surface area contributed by atoms with Gasteiger partial charge in [-0.3, -0.25) is 9.59 Å². The molecule has 5 N–H and O–H groups in total. The number of nitrogens with one attached hydrogen (secondary N) is 2. The summed E-state index contributed by atoms with van der Waals surface area (Å²) in [6, 6.07) is 0. The molecule has 9 unspecified atom stereocenters. The van der Waals surface area contributed by atoms with Gasteiger partial charge in [0, 0.05) is 18.7 Å². The van der Waals surface area contributed by atoms with Crippen molar-refractivity contribution >= 4 is 65.5 Å². The number of esters is 8. The molecule has 0 aliphatic rings. The van der Waals surface area contributed by atoms with Crippen LogP contribution < -0.4 is 15.7 Å². The number of hydrogen-bond acceptors (Lipinski definition) is 23. The van der Waals surface area contributed by atoms with Crippen LogP contribution in [0.5, 0.6) is 0 Å². The molecular weight excluding hydrogens is 912 g/mol. The molecule has 0 rings (SSSR count). The molecule has 25 heteroatoms. The predicted molar refractivity (Wildman–Crippen MR) is 242 cm³/mol. The van der Waals surface area contributed by atoms with Crippen LogP contribution in [0.15, 0.2) is 25.3 Å². The number of amides is 2. The number of hydrogen-bond donors (Lipinski definition) is 5. The normalized spacial score (nSPS) is 13.1. The zero-order chi connectivity index (χ0) is 48.9. The molecule has 0 radical (unpaired) electrons. The highest BCUT2D eigenvalue weighted by Gasteiger charge is 2.29. The monoisotopic (exact) mass is 992 g/mol. The Morgan fingerprint density at radius 1 is 0.456 bits per heavy atom. The Hall–Kier alpha value is -6.47. The van der Waals surface area contributed by atoms with Crippen molar-refractivity contribution in [2.75, 3.05) is 26.3 Å². The Morgan fingerprint density at radius 3 is 1.03 bits per heavy atom. The van der Waals surface area contributed by atoms with E-state index in [0.29, 0.717) is 0 Å². The van der Waals surface area contributed by atoms with E-state index in [-0.39, 0.29) is 70.9 Å². The third-order valence-corrected chi connectivity index (χ3v) is 6.52. The second-order valence-corrected chi connectivity index (χ2v) is 12.1. The molecule has 2 amide bonds. The topological polar surface area (TPSA) is 369 Å². The van der Waals surface area contributed by atoms with E-state index in [9.17, 15) is 57.8 Å². The summed E-state index contributed by atoms with van der Waals surface area (Å²) >= 11 is 0. The van der Waals surface area contributed by atoms with Crippen molar-refractivity contribution in [3.8, 4) is 0 Å². The molecular formula is C43H79N2O23-. The number of carbonyl (C=O) groups is 11. The molecule has 0 heterocycles. The lowest BCUT2D eigenvalue weighted by atomic mass is 10.3. The molecule has 0 aromatic heterocycles. The van der Waals surface area contributed by atoms with E-state index in [4.69, 9.17) is 29.5 Å². The molecule has 0 spiro atoms. The molecule has 68 heavy (non-hydrogen) atoms. The summed E-state index contributed by atoms with van der Waals surface area (Å²) in [5.41, 5.74) is 0. The standard InChI is InChI=1S/C17H23NO9.C11H19NO7.C9H14O7.6CH4/c1-6-13(19)24-9-8-18-15(21)10(3)26-17(23)12(5)27-16(22)11(4)25-14(20)7-2;1-6(14)10(16)19-8(3)11(17)18-7(2)9(15)12-4-5-13;1-4(10)8(13)16-6(3)9(14)15-5(2)7(11)12;;;;;;/h6-7,10-12H,1-2,8-9H2,3-5H3,(H,18,21);6-8,13-14H,4-5H2,1-3H3,(H,12,15);4-6,10H,1-3H3,(H,11,12);6*1H4/p-1. The molecule has 0 fully saturated rings. The van der Waals surface area contributed by atoms with Gasteiger partial charge < -0.3 is 73.7 Å². The number of ether oxygens (including phenoxy) is 8. The summed E-state index contributed by atoms with van der Waals surface area (Å²) in [4.78, 5) is 123. The number of aliphatic carboxylic acids is 1. The number of rotatable bonds is 23. The number of carboxylic acid groups (broad SMARTS) is 1. The molecule has 0 aromatic carbocycles. The average Bonchev–Trinajstić information content (AvgIpc) is 3.20. The van der Waals surface area contributed by atoms with Crippen LogP contribution in [0.3, 0.4) is 0 Å². The predicted octanol–water partition coefficient (Wildman–Crippen LogP) is -0.0509. The first-order chi connectivity index (χ1) is 28.7. The van der Waals surface area contributed by atoms with Gasteiger partial charge in [0.25, 0.3) is 11.8 Å². The van der Waals surface area contributed by atoms with Gasteiger partial charge in [0.15, 0.2) is 36.6 Å². The maximum atomic E-state index is 11.9. The Morgan fingerprint density at radius 2 is 0.735 bits per heavy atom. The first-order valence-electron chi connectivity index (χ1n) is 18.2. The van der Waals surface area contributed by atoms with Crippen molar-refractivity contribution in [1.29, 1.82) is 0 Å². The smallest absolute Gasteiger partial charge is 0.348 e. The van der Waals surface area contributed by atoms with Gasteiger partial charge in [-0.25, -0.2) is 38.4 Å². The number of aliphatic hydroxyl groups excluding tert-OH is 3. The van der Waals surface area contributed by atoms with Gasteiger partial charge in [0.1, 0.15) is 24.9 Å². The first kappa shape index (κ1) is 81.7. The zero-order valence-electron chi connectivity index (χ0n) is 35.6. The largest absolute Gasteiger partial charge is 0.546 e. The van der Waals surface area contributed by atoms with Crippen LogP contribution in [-0.4, -0.2) is 162 Å². The van der Waals surface area contributed by atoms with Crippen molar-refractivity contribution in [2.45, 2.75) is 162 Å². The van der Waals surface area contributed by atoms with Crippen LogP contribution in [0.25, 0.3) is 0 Å². The zero-order valence-corrected chi connectivity index (χ0v) is 35.6. The molecule has 0 aliphatic carbocycles. The Balaban J connectivity index is -0.000000109. The highest BCUT2D eigenvalue weighted by Crippen LogP contribution is 2.05. The van der Waals surface area contributed by atoms with Gasteiger partial charge in [0.05, 0.1) is 19.1 Å². The highest BCUT2D eigenvalue weighted by molar-refractivity contribution is 5.88. The molecule has 0 aliphatic heterocycles. The fourth-order valence-corrected chi connectivity index (χ4v) is 3.05. The SMILES string of the molecule is C.C.C.C.C.C.C=CC(=O)OCCNC(=O)C(C)OC(=O)C(C)OC(=O)C(C)OC(=O)C=C.CC(O)C(=O)OC(C)C(=O)OC(C)C(=O)NCCO.CC(O)C(=O)OC(C)C(=O)OC(C)C(=O)[O-]. The second kappa shape index (κ2) is 44.4. The van der Waals surface area contributed by atoms with Crippen molar-refractivity contribution in [3.63, 3.8) is 0 Å². The summed E-state index contributed by atoms with van der Waals surface area (Å²) in [7, 11) is 0. The molecule has 9 atom stereocenters. The van der Waals surface area contributed by atoms with Gasteiger partial charge in [0.2, 0.25) is 0 Å². The molecule has 0 saturated heterocycles. The number of aliphatic hydroxyl groups is 3. The van der Waals surface area contributed by atoms with Crippen molar-refractivity contribution in [1.82, 2.24) is 10.6 Å². The van der Waals surface area contributed by atoms with Gasteiger partial charge in [-0.15, -0.1) is 0 Å². The average molecular weight is 992 g/mol. The van der Waals surface area contributed by atoms with Crippen LogP contribution in [0.2, 0.25) is 0 Å². The molecule has 0 saturated carbocycles. The summed E-state index contributed by atoms with van der Waals surface area (Å²) in [6.45, 7) is 17.2. The fraction of sp³-hybridized carbons (Fsp3) is 0.651. The summed E-state index contributed by atoms with van der Waals surface area (Å²) in [5, 5.41) is 41.2. The Kier molecular flexibility index (Phi) is 53.3. The Labute approximate surface area is 400 Å². The molecule has 0 bridgehead atoms. The fourth-order valence-electron chi connectivity index (χ4n) is 3.05. The summed E-state index contributed by atoms with van der Waals surface area (Å²) < 4.78 is 37.2.